The number of hydrogen-bond acceptors (Lipinski definition) is 4. The van der Waals surface area contributed by atoms with Crippen molar-refractivity contribution in [3.05, 3.63) is 23.5 Å². The van der Waals surface area contributed by atoms with Gasteiger partial charge in [0.1, 0.15) is 0 Å². The molecule has 3 heterocycles. The number of aromatic nitrogens is 3. The average Bonchev–Trinajstić information content (AvgIpc) is 3.04. The first-order valence-electron chi connectivity index (χ1n) is 7.29. The standard InChI is InChI=1S/C15H20N4O2/c1-10-13-7-12(8-16-14(13)18(2)17-10)15(21)19-5-3-11(9-19)4-6-20/h7-8,11,20H,3-6,9H2,1-2H3. The summed E-state index contributed by atoms with van der Waals surface area (Å²) in [4.78, 5) is 18.8. The summed E-state index contributed by atoms with van der Waals surface area (Å²) >= 11 is 0. The molecule has 2 aromatic heterocycles. The number of aliphatic hydroxyl groups is 1. The Hall–Kier alpha value is -1.95. The molecule has 0 radical (unpaired) electrons. The predicted octanol–water partition coefficient (Wildman–Crippen LogP) is 1.12. The number of aliphatic hydroxyl groups excluding tert-OH is 1. The summed E-state index contributed by atoms with van der Waals surface area (Å²) in [6, 6.07) is 1.88. The molecular formula is C15H20N4O2. The van der Waals surface area contributed by atoms with Gasteiger partial charge in [-0.25, -0.2) is 4.98 Å². The maximum atomic E-state index is 12.6. The first-order valence-corrected chi connectivity index (χ1v) is 7.29. The fourth-order valence-electron chi connectivity index (χ4n) is 3.04. The van der Waals surface area contributed by atoms with E-state index < -0.39 is 0 Å². The van der Waals surface area contributed by atoms with E-state index in [-0.39, 0.29) is 12.5 Å². The fourth-order valence-corrected chi connectivity index (χ4v) is 3.04. The van der Waals surface area contributed by atoms with Gasteiger partial charge in [-0.2, -0.15) is 5.10 Å². The highest BCUT2D eigenvalue weighted by atomic mass is 16.3. The van der Waals surface area contributed by atoms with Crippen LogP contribution < -0.4 is 0 Å². The van der Waals surface area contributed by atoms with Crippen molar-refractivity contribution in [1.82, 2.24) is 19.7 Å². The van der Waals surface area contributed by atoms with Gasteiger partial charge in [0.15, 0.2) is 5.65 Å². The van der Waals surface area contributed by atoms with Gasteiger partial charge in [-0.15, -0.1) is 0 Å². The van der Waals surface area contributed by atoms with Crippen LogP contribution in [0.15, 0.2) is 12.3 Å². The highest BCUT2D eigenvalue weighted by Gasteiger charge is 2.27. The van der Waals surface area contributed by atoms with Crippen LogP contribution in [0.2, 0.25) is 0 Å². The Morgan fingerprint density at radius 1 is 1.52 bits per heavy atom. The van der Waals surface area contributed by atoms with Crippen molar-refractivity contribution >= 4 is 16.9 Å². The monoisotopic (exact) mass is 288 g/mol. The number of nitrogens with zero attached hydrogens (tertiary/aromatic N) is 4. The summed E-state index contributed by atoms with van der Waals surface area (Å²) in [6.45, 7) is 3.59. The molecule has 0 aliphatic carbocycles. The van der Waals surface area contributed by atoms with Gasteiger partial charge in [0.25, 0.3) is 5.91 Å². The van der Waals surface area contributed by atoms with E-state index in [1.807, 2.05) is 24.9 Å². The highest BCUT2D eigenvalue weighted by Crippen LogP contribution is 2.23. The summed E-state index contributed by atoms with van der Waals surface area (Å²) in [5.74, 6) is 0.434. The zero-order valence-electron chi connectivity index (χ0n) is 12.4. The third-order valence-electron chi connectivity index (χ3n) is 4.22. The van der Waals surface area contributed by atoms with Crippen LogP contribution in [-0.4, -0.2) is 50.4 Å². The number of aryl methyl sites for hydroxylation is 2. The molecule has 0 aromatic carbocycles. The van der Waals surface area contributed by atoms with Crippen LogP contribution >= 0.6 is 0 Å². The molecule has 0 saturated carbocycles. The topological polar surface area (TPSA) is 71.2 Å². The lowest BCUT2D eigenvalue weighted by atomic mass is 10.1. The molecule has 1 fully saturated rings. The van der Waals surface area contributed by atoms with Crippen molar-refractivity contribution in [3.63, 3.8) is 0 Å². The molecule has 1 aliphatic heterocycles. The van der Waals surface area contributed by atoms with Crippen LogP contribution in [0.1, 0.15) is 28.9 Å². The van der Waals surface area contributed by atoms with Crippen molar-refractivity contribution in [2.24, 2.45) is 13.0 Å². The van der Waals surface area contributed by atoms with E-state index in [4.69, 9.17) is 5.11 Å². The number of pyridine rings is 1. The third-order valence-corrected chi connectivity index (χ3v) is 4.22. The lowest BCUT2D eigenvalue weighted by Gasteiger charge is -2.16. The normalized spacial score (nSPS) is 18.6. The van der Waals surface area contributed by atoms with E-state index >= 15 is 0 Å². The van der Waals surface area contributed by atoms with E-state index in [9.17, 15) is 4.79 Å². The molecule has 2 aromatic rings. The average molecular weight is 288 g/mol. The van der Waals surface area contributed by atoms with Crippen molar-refractivity contribution in [2.45, 2.75) is 19.8 Å². The first kappa shape index (κ1) is 14.0. The lowest BCUT2D eigenvalue weighted by molar-refractivity contribution is 0.0784. The second kappa shape index (κ2) is 5.44. The molecule has 6 heteroatoms. The van der Waals surface area contributed by atoms with Crippen LogP contribution in [0.25, 0.3) is 11.0 Å². The molecule has 6 nitrogen and oxygen atoms in total. The van der Waals surface area contributed by atoms with Crippen LogP contribution in [-0.2, 0) is 7.05 Å². The van der Waals surface area contributed by atoms with Crippen molar-refractivity contribution in [1.29, 1.82) is 0 Å². The smallest absolute Gasteiger partial charge is 0.255 e. The van der Waals surface area contributed by atoms with E-state index in [0.29, 0.717) is 11.5 Å². The third kappa shape index (κ3) is 2.51. The van der Waals surface area contributed by atoms with Crippen molar-refractivity contribution in [3.8, 4) is 0 Å². The Morgan fingerprint density at radius 3 is 3.10 bits per heavy atom. The van der Waals surface area contributed by atoms with Gasteiger partial charge in [0, 0.05) is 38.3 Å². The highest BCUT2D eigenvalue weighted by molar-refractivity contribution is 5.97. The number of likely N-dealkylation sites (tertiary alicyclic amines) is 1. The molecular weight excluding hydrogens is 268 g/mol. The summed E-state index contributed by atoms with van der Waals surface area (Å²) in [5, 5.41) is 14.2. The van der Waals surface area contributed by atoms with E-state index in [2.05, 4.69) is 10.1 Å². The second-order valence-electron chi connectivity index (χ2n) is 5.72. The fraction of sp³-hybridized carbons (Fsp3) is 0.533. The SMILES string of the molecule is Cc1nn(C)c2ncc(C(=O)N3CCC(CCO)C3)cc12. The Balaban J connectivity index is 1.83. The maximum absolute atomic E-state index is 12.6. The van der Waals surface area contributed by atoms with Gasteiger partial charge in [-0.05, 0) is 31.7 Å². The van der Waals surface area contributed by atoms with Crippen molar-refractivity contribution in [2.75, 3.05) is 19.7 Å². The molecule has 112 valence electrons. The molecule has 1 aliphatic rings. The molecule has 1 amide bonds. The molecule has 21 heavy (non-hydrogen) atoms. The number of hydrogen-bond donors (Lipinski definition) is 1. The largest absolute Gasteiger partial charge is 0.396 e. The van der Waals surface area contributed by atoms with Gasteiger partial charge >= 0.3 is 0 Å². The molecule has 3 rings (SSSR count). The first-order chi connectivity index (χ1) is 10.1. The summed E-state index contributed by atoms with van der Waals surface area (Å²) in [6.07, 6.45) is 3.36. The van der Waals surface area contributed by atoms with Crippen molar-refractivity contribution < 1.29 is 9.90 Å². The minimum Gasteiger partial charge on any atom is -0.396 e. The van der Waals surface area contributed by atoms with Gasteiger partial charge in [0.05, 0.1) is 11.3 Å². The summed E-state index contributed by atoms with van der Waals surface area (Å²) in [5.41, 5.74) is 2.29. The molecule has 1 atom stereocenters. The number of fused-ring (bicyclic) bond motifs is 1. The minimum atomic E-state index is 0.0214. The molecule has 1 N–H and O–H groups in total. The number of carbonyl (C=O) groups excluding carboxylic acids is 1. The zero-order valence-corrected chi connectivity index (χ0v) is 12.4. The van der Waals surface area contributed by atoms with E-state index in [1.165, 1.54) is 0 Å². The quantitative estimate of drug-likeness (QED) is 0.919. The Labute approximate surface area is 123 Å². The number of carbonyl (C=O) groups is 1. The van der Waals surface area contributed by atoms with Gasteiger partial charge in [-0.3, -0.25) is 9.48 Å². The van der Waals surface area contributed by atoms with Gasteiger partial charge in [-0.1, -0.05) is 0 Å². The molecule has 1 saturated heterocycles. The van der Waals surface area contributed by atoms with E-state index in [1.54, 1.807) is 10.9 Å². The summed E-state index contributed by atoms with van der Waals surface area (Å²) < 4.78 is 1.73. The Kier molecular flexibility index (Phi) is 3.63. The zero-order chi connectivity index (χ0) is 15.0. The molecule has 1 unspecified atom stereocenters. The predicted molar refractivity (Wildman–Crippen MR) is 79.0 cm³/mol. The van der Waals surface area contributed by atoms with E-state index in [0.717, 1.165) is 42.7 Å². The van der Waals surface area contributed by atoms with Crippen LogP contribution in [0.4, 0.5) is 0 Å². The minimum absolute atomic E-state index is 0.0214. The van der Waals surface area contributed by atoms with Crippen LogP contribution in [0.5, 0.6) is 0 Å². The number of amides is 1. The lowest BCUT2D eigenvalue weighted by Crippen LogP contribution is -2.28. The van der Waals surface area contributed by atoms with Crippen LogP contribution in [0, 0.1) is 12.8 Å². The maximum Gasteiger partial charge on any atom is 0.255 e. The second-order valence-corrected chi connectivity index (χ2v) is 5.72. The molecule has 0 bridgehead atoms. The Morgan fingerprint density at radius 2 is 2.33 bits per heavy atom. The van der Waals surface area contributed by atoms with Gasteiger partial charge < -0.3 is 10.0 Å². The summed E-state index contributed by atoms with van der Waals surface area (Å²) in [7, 11) is 1.85. The van der Waals surface area contributed by atoms with Gasteiger partial charge in [0.2, 0.25) is 0 Å². The Bertz CT molecular complexity index is 680. The van der Waals surface area contributed by atoms with Crippen LogP contribution in [0.3, 0.4) is 0 Å². The number of rotatable bonds is 3. The molecule has 0 spiro atoms.